The van der Waals surface area contributed by atoms with Crippen LogP contribution in [0.1, 0.15) is 46.5 Å². The molecular formula is C13H28N2. The molecule has 0 saturated carbocycles. The van der Waals surface area contributed by atoms with E-state index in [0.29, 0.717) is 6.04 Å². The Kier molecular flexibility index (Phi) is 5.62. The average molecular weight is 212 g/mol. The van der Waals surface area contributed by atoms with Crippen molar-refractivity contribution in [2.75, 3.05) is 13.6 Å². The molecule has 1 aliphatic heterocycles. The monoisotopic (exact) mass is 212 g/mol. The van der Waals surface area contributed by atoms with Gasteiger partial charge in [-0.3, -0.25) is 0 Å². The minimum Gasteiger partial charge on any atom is -0.317 e. The van der Waals surface area contributed by atoms with E-state index in [-0.39, 0.29) is 0 Å². The van der Waals surface area contributed by atoms with Gasteiger partial charge in [-0.2, -0.15) is 0 Å². The maximum Gasteiger partial charge on any atom is 0.00937 e. The summed E-state index contributed by atoms with van der Waals surface area (Å²) < 4.78 is 0. The zero-order chi connectivity index (χ0) is 11.3. The van der Waals surface area contributed by atoms with E-state index in [2.05, 4.69) is 38.5 Å². The Labute approximate surface area is 95.2 Å². The van der Waals surface area contributed by atoms with Crippen LogP contribution in [0.2, 0.25) is 0 Å². The van der Waals surface area contributed by atoms with E-state index in [1.807, 2.05) is 0 Å². The molecule has 2 nitrogen and oxygen atoms in total. The lowest BCUT2D eigenvalue weighted by Gasteiger charge is -2.28. The Hall–Kier alpha value is -0.0800. The first-order valence-electron chi connectivity index (χ1n) is 6.59. The van der Waals surface area contributed by atoms with Crippen molar-refractivity contribution < 1.29 is 0 Å². The summed E-state index contributed by atoms with van der Waals surface area (Å²) in [6.45, 7) is 8.27. The SMILES string of the molecule is CCC(C)C(CC(C)[C@H]1CCCN1)NC. The number of hydrogen-bond donors (Lipinski definition) is 2. The molecule has 1 rings (SSSR count). The Bertz CT molecular complexity index is 164. The van der Waals surface area contributed by atoms with E-state index in [1.165, 1.54) is 32.2 Å². The molecule has 3 unspecified atom stereocenters. The predicted octanol–water partition coefficient (Wildman–Crippen LogP) is 2.40. The summed E-state index contributed by atoms with van der Waals surface area (Å²) in [6, 6.07) is 1.46. The van der Waals surface area contributed by atoms with Crippen molar-refractivity contribution in [2.24, 2.45) is 11.8 Å². The molecule has 90 valence electrons. The quantitative estimate of drug-likeness (QED) is 0.706. The summed E-state index contributed by atoms with van der Waals surface area (Å²) in [6.07, 6.45) is 5.32. The van der Waals surface area contributed by atoms with Crippen LogP contribution in [-0.4, -0.2) is 25.7 Å². The fraction of sp³-hybridized carbons (Fsp3) is 1.00. The third-order valence-electron chi connectivity index (χ3n) is 4.11. The summed E-state index contributed by atoms with van der Waals surface area (Å²) in [4.78, 5) is 0. The van der Waals surface area contributed by atoms with Crippen molar-refractivity contribution >= 4 is 0 Å². The lowest BCUT2D eigenvalue weighted by molar-refractivity contribution is 0.288. The van der Waals surface area contributed by atoms with E-state index in [4.69, 9.17) is 0 Å². The van der Waals surface area contributed by atoms with Gasteiger partial charge in [0.25, 0.3) is 0 Å². The lowest BCUT2D eigenvalue weighted by Crippen LogP contribution is -2.38. The van der Waals surface area contributed by atoms with Gasteiger partial charge in [-0.15, -0.1) is 0 Å². The second kappa shape index (κ2) is 6.49. The van der Waals surface area contributed by atoms with Crippen LogP contribution in [0.25, 0.3) is 0 Å². The summed E-state index contributed by atoms with van der Waals surface area (Å²) in [5.74, 6) is 1.60. The average Bonchev–Trinajstić information content (AvgIpc) is 2.77. The Morgan fingerprint density at radius 3 is 2.60 bits per heavy atom. The molecule has 0 aliphatic carbocycles. The summed E-state index contributed by atoms with van der Waals surface area (Å²) in [5, 5.41) is 7.09. The largest absolute Gasteiger partial charge is 0.317 e. The fourth-order valence-corrected chi connectivity index (χ4v) is 2.68. The van der Waals surface area contributed by atoms with E-state index in [1.54, 1.807) is 0 Å². The normalized spacial score (nSPS) is 27.6. The molecule has 1 heterocycles. The van der Waals surface area contributed by atoms with Gasteiger partial charge in [-0.25, -0.2) is 0 Å². The van der Waals surface area contributed by atoms with Gasteiger partial charge in [0.15, 0.2) is 0 Å². The molecule has 2 N–H and O–H groups in total. The van der Waals surface area contributed by atoms with Gasteiger partial charge >= 0.3 is 0 Å². The third-order valence-corrected chi connectivity index (χ3v) is 4.11. The number of hydrogen-bond acceptors (Lipinski definition) is 2. The van der Waals surface area contributed by atoms with Crippen molar-refractivity contribution in [3.05, 3.63) is 0 Å². The topological polar surface area (TPSA) is 24.1 Å². The maximum absolute atomic E-state index is 3.61. The Morgan fingerprint density at radius 1 is 1.40 bits per heavy atom. The lowest BCUT2D eigenvalue weighted by atomic mass is 9.87. The molecule has 0 spiro atoms. The van der Waals surface area contributed by atoms with E-state index in [0.717, 1.165) is 17.9 Å². The van der Waals surface area contributed by atoms with Crippen LogP contribution in [0, 0.1) is 11.8 Å². The molecule has 1 fully saturated rings. The Balaban J connectivity index is 2.36. The molecule has 0 bridgehead atoms. The molecule has 0 aromatic heterocycles. The zero-order valence-electron chi connectivity index (χ0n) is 10.8. The minimum atomic E-state index is 0.687. The standard InChI is InChI=1S/C13H28N2/c1-5-10(2)13(14-4)9-11(3)12-7-6-8-15-12/h10-15H,5-9H2,1-4H3/t10?,11?,12-,13?/m1/s1. The van der Waals surface area contributed by atoms with Crippen LogP contribution in [-0.2, 0) is 0 Å². The zero-order valence-corrected chi connectivity index (χ0v) is 10.8. The highest BCUT2D eigenvalue weighted by Crippen LogP contribution is 2.22. The van der Waals surface area contributed by atoms with E-state index >= 15 is 0 Å². The van der Waals surface area contributed by atoms with Gasteiger partial charge in [0.1, 0.15) is 0 Å². The molecule has 0 aromatic rings. The van der Waals surface area contributed by atoms with Crippen molar-refractivity contribution in [3.8, 4) is 0 Å². The van der Waals surface area contributed by atoms with Crippen LogP contribution in [0.4, 0.5) is 0 Å². The van der Waals surface area contributed by atoms with Crippen molar-refractivity contribution in [1.29, 1.82) is 0 Å². The van der Waals surface area contributed by atoms with Gasteiger partial charge in [-0.1, -0.05) is 27.2 Å². The second-order valence-electron chi connectivity index (χ2n) is 5.20. The first-order chi connectivity index (χ1) is 7.19. The van der Waals surface area contributed by atoms with Crippen LogP contribution in [0.3, 0.4) is 0 Å². The van der Waals surface area contributed by atoms with Gasteiger partial charge in [-0.05, 0) is 44.7 Å². The highest BCUT2D eigenvalue weighted by Gasteiger charge is 2.24. The van der Waals surface area contributed by atoms with Crippen molar-refractivity contribution in [2.45, 2.75) is 58.5 Å². The first kappa shape index (κ1) is 13.0. The molecule has 4 atom stereocenters. The second-order valence-corrected chi connectivity index (χ2v) is 5.20. The van der Waals surface area contributed by atoms with Gasteiger partial charge < -0.3 is 10.6 Å². The highest BCUT2D eigenvalue weighted by atomic mass is 14.9. The van der Waals surface area contributed by atoms with Gasteiger partial charge in [0, 0.05) is 12.1 Å². The van der Waals surface area contributed by atoms with Crippen LogP contribution >= 0.6 is 0 Å². The van der Waals surface area contributed by atoms with Crippen LogP contribution < -0.4 is 10.6 Å². The van der Waals surface area contributed by atoms with Crippen LogP contribution in [0.5, 0.6) is 0 Å². The predicted molar refractivity (Wildman–Crippen MR) is 67.1 cm³/mol. The molecule has 1 saturated heterocycles. The third kappa shape index (κ3) is 3.76. The molecule has 0 radical (unpaired) electrons. The molecule has 0 amide bonds. The van der Waals surface area contributed by atoms with Gasteiger partial charge in [0.05, 0.1) is 0 Å². The summed E-state index contributed by atoms with van der Waals surface area (Å²) in [5.41, 5.74) is 0. The first-order valence-corrected chi connectivity index (χ1v) is 6.59. The van der Waals surface area contributed by atoms with E-state index < -0.39 is 0 Å². The summed E-state index contributed by atoms with van der Waals surface area (Å²) in [7, 11) is 2.10. The van der Waals surface area contributed by atoms with Gasteiger partial charge in [0.2, 0.25) is 0 Å². The van der Waals surface area contributed by atoms with Crippen LogP contribution in [0.15, 0.2) is 0 Å². The van der Waals surface area contributed by atoms with E-state index in [9.17, 15) is 0 Å². The molecule has 15 heavy (non-hydrogen) atoms. The number of nitrogens with one attached hydrogen (secondary N) is 2. The fourth-order valence-electron chi connectivity index (χ4n) is 2.68. The molecule has 1 aliphatic rings. The minimum absolute atomic E-state index is 0.687. The molecule has 2 heteroatoms. The smallest absolute Gasteiger partial charge is 0.00937 e. The molecule has 0 aromatic carbocycles. The number of rotatable bonds is 6. The van der Waals surface area contributed by atoms with Crippen molar-refractivity contribution in [3.63, 3.8) is 0 Å². The molecular weight excluding hydrogens is 184 g/mol. The maximum atomic E-state index is 3.61. The van der Waals surface area contributed by atoms with Crippen molar-refractivity contribution in [1.82, 2.24) is 10.6 Å². The Morgan fingerprint density at radius 2 is 2.13 bits per heavy atom. The summed E-state index contributed by atoms with van der Waals surface area (Å²) >= 11 is 0. The highest BCUT2D eigenvalue weighted by molar-refractivity contribution is 4.83.